The van der Waals surface area contributed by atoms with Crippen LogP contribution in [0.2, 0.25) is 0 Å². The SMILES string of the molecule is CCCCCCCC/C=C\CCCCCCCCCC(=O)OCCCCC/C=C\C=C/CCCCCCCCCCCCC(=O)NC(CO)C(O)/C=C/CCCCCCCCCCCCCCCCCCCCCC. The molecule has 75 heavy (non-hydrogen) atoms. The number of unbranched alkanes of at least 4 members (excludes halogenated alkanes) is 46. The lowest BCUT2D eigenvalue weighted by atomic mass is 10.0. The second-order valence-electron chi connectivity index (χ2n) is 22.8. The summed E-state index contributed by atoms with van der Waals surface area (Å²) in [6, 6.07) is -0.638. The van der Waals surface area contributed by atoms with Crippen molar-refractivity contribution in [1.29, 1.82) is 0 Å². The average Bonchev–Trinajstić information content (AvgIpc) is 3.41. The Labute approximate surface area is 467 Å². The molecule has 0 saturated carbocycles. The van der Waals surface area contributed by atoms with Crippen molar-refractivity contribution in [3.05, 3.63) is 48.6 Å². The second kappa shape index (κ2) is 64.3. The number of nitrogens with one attached hydrogen (secondary N) is 1. The molecule has 0 bridgehead atoms. The molecule has 0 aromatic heterocycles. The van der Waals surface area contributed by atoms with Crippen LogP contribution in [0, 0.1) is 0 Å². The molecule has 0 saturated heterocycles. The van der Waals surface area contributed by atoms with Crippen LogP contribution in [0.25, 0.3) is 0 Å². The standard InChI is InChI=1S/C69H129NO5/c1-3-5-7-9-11-13-15-17-19-21-22-23-24-26-30-33-37-41-45-49-53-57-61-67(72)66(65-71)70-68(73)62-58-54-50-46-42-38-34-31-27-25-28-32-36-40-44-48-52-56-60-64-75-69(74)63-59-55-51-47-43-39-35-29-20-18-16-14-12-10-8-6-4-2/h18,20,32,36,40,44,57,61,66-67,71-72H,3-17,19,21-31,33-35,37-39,41-43,45-56,58-60,62-65H2,1-2H3,(H,70,73)/b20-18-,36-32-,44-40-,61-57+. The third-order valence-corrected chi connectivity index (χ3v) is 15.3. The molecule has 0 aliphatic rings. The molecule has 3 N–H and O–H groups in total. The van der Waals surface area contributed by atoms with Crippen LogP contribution in [0.5, 0.6) is 0 Å². The van der Waals surface area contributed by atoms with Gasteiger partial charge in [0.2, 0.25) is 5.91 Å². The van der Waals surface area contributed by atoms with Crippen molar-refractivity contribution in [2.24, 2.45) is 0 Å². The summed E-state index contributed by atoms with van der Waals surface area (Å²) >= 11 is 0. The smallest absolute Gasteiger partial charge is 0.305 e. The first kappa shape index (κ1) is 72.8. The average molecular weight is 1050 g/mol. The first-order valence-electron chi connectivity index (χ1n) is 33.4. The van der Waals surface area contributed by atoms with Crippen LogP contribution in [0.4, 0.5) is 0 Å². The summed E-state index contributed by atoms with van der Waals surface area (Å²) in [6.45, 7) is 4.88. The van der Waals surface area contributed by atoms with Crippen LogP contribution in [0.15, 0.2) is 48.6 Å². The van der Waals surface area contributed by atoms with Gasteiger partial charge in [-0.2, -0.15) is 0 Å². The maximum Gasteiger partial charge on any atom is 0.305 e. The topological polar surface area (TPSA) is 95.9 Å². The lowest BCUT2D eigenvalue weighted by Gasteiger charge is -2.20. The Morgan fingerprint density at radius 2 is 0.667 bits per heavy atom. The van der Waals surface area contributed by atoms with Gasteiger partial charge in [0.1, 0.15) is 0 Å². The highest BCUT2D eigenvalue weighted by molar-refractivity contribution is 5.76. The van der Waals surface area contributed by atoms with Gasteiger partial charge in [-0.15, -0.1) is 0 Å². The van der Waals surface area contributed by atoms with Gasteiger partial charge in [-0.25, -0.2) is 0 Å². The van der Waals surface area contributed by atoms with E-state index in [-0.39, 0.29) is 18.5 Å². The molecule has 2 atom stereocenters. The fraction of sp³-hybridized carbons (Fsp3) is 0.855. The number of rotatable bonds is 62. The molecule has 0 rings (SSSR count). The van der Waals surface area contributed by atoms with Gasteiger partial charge < -0.3 is 20.3 Å². The number of carbonyl (C=O) groups excluding carboxylic acids is 2. The van der Waals surface area contributed by atoms with Gasteiger partial charge in [-0.3, -0.25) is 9.59 Å². The zero-order valence-corrected chi connectivity index (χ0v) is 50.3. The number of ether oxygens (including phenoxy) is 1. The molecule has 2 unspecified atom stereocenters. The summed E-state index contributed by atoms with van der Waals surface area (Å²) in [5, 5.41) is 23.2. The van der Waals surface area contributed by atoms with E-state index in [1.165, 1.54) is 250 Å². The Morgan fingerprint density at radius 3 is 1.03 bits per heavy atom. The van der Waals surface area contributed by atoms with Crippen molar-refractivity contribution in [3.63, 3.8) is 0 Å². The molecule has 6 nitrogen and oxygen atoms in total. The quantitative estimate of drug-likeness (QED) is 0.0244. The van der Waals surface area contributed by atoms with Crippen molar-refractivity contribution >= 4 is 11.9 Å². The van der Waals surface area contributed by atoms with E-state index in [0.717, 1.165) is 77.0 Å². The molecule has 440 valence electrons. The third-order valence-electron chi connectivity index (χ3n) is 15.3. The van der Waals surface area contributed by atoms with Crippen molar-refractivity contribution in [2.75, 3.05) is 13.2 Å². The van der Waals surface area contributed by atoms with Crippen molar-refractivity contribution < 1.29 is 24.5 Å². The molecule has 0 spiro atoms. The van der Waals surface area contributed by atoms with Crippen LogP contribution in [-0.4, -0.2) is 47.4 Å². The van der Waals surface area contributed by atoms with E-state index in [0.29, 0.717) is 19.4 Å². The molecule has 6 heteroatoms. The highest BCUT2D eigenvalue weighted by Gasteiger charge is 2.18. The summed E-state index contributed by atoms with van der Waals surface area (Å²) in [7, 11) is 0. The summed E-state index contributed by atoms with van der Waals surface area (Å²) in [6.07, 6.45) is 83.1. The van der Waals surface area contributed by atoms with Gasteiger partial charge in [-0.05, 0) is 89.9 Å². The van der Waals surface area contributed by atoms with E-state index in [4.69, 9.17) is 4.74 Å². The Bertz CT molecular complexity index is 1260. The van der Waals surface area contributed by atoms with E-state index in [1.54, 1.807) is 6.08 Å². The number of carbonyl (C=O) groups is 2. The largest absolute Gasteiger partial charge is 0.466 e. The molecular formula is C69H129NO5. The minimum Gasteiger partial charge on any atom is -0.466 e. The molecule has 0 aliphatic heterocycles. The number of allylic oxidation sites excluding steroid dienone is 7. The van der Waals surface area contributed by atoms with Crippen LogP contribution >= 0.6 is 0 Å². The van der Waals surface area contributed by atoms with Crippen LogP contribution in [-0.2, 0) is 14.3 Å². The zero-order valence-electron chi connectivity index (χ0n) is 50.3. The van der Waals surface area contributed by atoms with Gasteiger partial charge in [0.15, 0.2) is 0 Å². The van der Waals surface area contributed by atoms with E-state index in [1.807, 2.05) is 6.08 Å². The molecule has 0 heterocycles. The first-order valence-corrected chi connectivity index (χ1v) is 33.4. The van der Waals surface area contributed by atoms with Gasteiger partial charge in [-0.1, -0.05) is 300 Å². The maximum atomic E-state index is 12.5. The van der Waals surface area contributed by atoms with Gasteiger partial charge >= 0.3 is 5.97 Å². The Balaban J connectivity index is 3.50. The van der Waals surface area contributed by atoms with Crippen molar-refractivity contribution in [3.8, 4) is 0 Å². The molecule has 0 radical (unpaired) electrons. The number of aliphatic hydroxyl groups is 2. The number of hydrogen-bond donors (Lipinski definition) is 3. The minimum absolute atomic E-state index is 0.0172. The molecule has 0 aromatic carbocycles. The van der Waals surface area contributed by atoms with Crippen LogP contribution in [0.1, 0.15) is 354 Å². The summed E-state index contributed by atoms with van der Waals surface area (Å²) in [5.74, 6) is -0.0926. The second-order valence-corrected chi connectivity index (χ2v) is 22.8. The third kappa shape index (κ3) is 60.9. The van der Waals surface area contributed by atoms with E-state index in [2.05, 4.69) is 55.6 Å². The summed E-state index contributed by atoms with van der Waals surface area (Å²) in [4.78, 5) is 24.6. The first-order chi connectivity index (χ1) is 37.0. The van der Waals surface area contributed by atoms with Gasteiger partial charge in [0, 0.05) is 12.8 Å². The summed E-state index contributed by atoms with van der Waals surface area (Å²) in [5.41, 5.74) is 0. The lowest BCUT2D eigenvalue weighted by molar-refractivity contribution is -0.143. The molecule has 1 amide bonds. The highest BCUT2D eigenvalue weighted by Crippen LogP contribution is 2.17. The fourth-order valence-electron chi connectivity index (χ4n) is 10.2. The van der Waals surface area contributed by atoms with Crippen molar-refractivity contribution in [1.82, 2.24) is 5.32 Å². The van der Waals surface area contributed by atoms with E-state index < -0.39 is 12.1 Å². The van der Waals surface area contributed by atoms with Crippen LogP contribution in [0.3, 0.4) is 0 Å². The van der Waals surface area contributed by atoms with Gasteiger partial charge in [0.05, 0.1) is 25.4 Å². The van der Waals surface area contributed by atoms with E-state index in [9.17, 15) is 19.8 Å². The van der Waals surface area contributed by atoms with Crippen LogP contribution < -0.4 is 5.32 Å². The zero-order chi connectivity index (χ0) is 54.3. The summed E-state index contributed by atoms with van der Waals surface area (Å²) < 4.78 is 5.47. The lowest BCUT2D eigenvalue weighted by Crippen LogP contribution is -2.45. The van der Waals surface area contributed by atoms with E-state index >= 15 is 0 Å². The molecule has 0 aromatic rings. The number of esters is 1. The normalized spacial score (nSPS) is 12.9. The Kier molecular flexibility index (Phi) is 62.5. The van der Waals surface area contributed by atoms with Gasteiger partial charge in [0.25, 0.3) is 0 Å². The predicted octanol–water partition coefficient (Wildman–Crippen LogP) is 21.3. The van der Waals surface area contributed by atoms with Crippen molar-refractivity contribution in [2.45, 2.75) is 366 Å². The molecular weight excluding hydrogens is 923 g/mol. The number of aliphatic hydroxyl groups excluding tert-OH is 2. The number of hydrogen-bond acceptors (Lipinski definition) is 5. The number of amides is 1. The molecule has 0 aliphatic carbocycles. The fourth-order valence-corrected chi connectivity index (χ4v) is 10.2. The maximum absolute atomic E-state index is 12.5. The monoisotopic (exact) mass is 1050 g/mol. The Morgan fingerprint density at radius 1 is 0.373 bits per heavy atom. The molecule has 0 fully saturated rings. The highest BCUT2D eigenvalue weighted by atomic mass is 16.5. The Hall–Kier alpha value is -2.18. The predicted molar refractivity (Wildman–Crippen MR) is 329 cm³/mol. The minimum atomic E-state index is -0.854.